The Hall–Kier alpha value is -2.86. The summed E-state index contributed by atoms with van der Waals surface area (Å²) in [7, 11) is 0. The number of halogens is 2. The molecule has 30 heavy (non-hydrogen) atoms. The van der Waals surface area contributed by atoms with Gasteiger partial charge < -0.3 is 15.2 Å². The van der Waals surface area contributed by atoms with Crippen LogP contribution in [0.4, 0.5) is 4.39 Å². The highest BCUT2D eigenvalue weighted by Crippen LogP contribution is 2.23. The molecule has 4 rings (SSSR count). The van der Waals surface area contributed by atoms with Crippen molar-refractivity contribution in [3.8, 4) is 0 Å². The normalized spacial score (nSPS) is 16.4. The first kappa shape index (κ1) is 20.4. The van der Waals surface area contributed by atoms with Crippen LogP contribution >= 0.6 is 11.6 Å². The minimum absolute atomic E-state index is 0.0106. The highest BCUT2D eigenvalue weighted by atomic mass is 35.5. The summed E-state index contributed by atoms with van der Waals surface area (Å²) in [5.41, 5.74) is 3.08. The van der Waals surface area contributed by atoms with Crippen LogP contribution in [0.5, 0.6) is 0 Å². The zero-order chi connectivity index (χ0) is 21.1. The number of fused-ring (bicyclic) bond motifs is 1. The van der Waals surface area contributed by atoms with Crippen LogP contribution in [0.1, 0.15) is 17.5 Å². The van der Waals surface area contributed by atoms with Crippen LogP contribution in [0.3, 0.4) is 0 Å². The number of nitrogens with zero attached hydrogens (tertiary/aromatic N) is 1. The van der Waals surface area contributed by atoms with Crippen LogP contribution in [0.15, 0.2) is 48.7 Å². The monoisotopic (exact) mass is 427 g/mol. The summed E-state index contributed by atoms with van der Waals surface area (Å²) < 4.78 is 13.0. The Labute approximate surface area is 179 Å². The van der Waals surface area contributed by atoms with Crippen molar-refractivity contribution < 1.29 is 14.0 Å². The first-order valence-electron chi connectivity index (χ1n) is 10.0. The van der Waals surface area contributed by atoms with Crippen LogP contribution in [-0.4, -0.2) is 41.3 Å². The third-order valence-electron chi connectivity index (χ3n) is 5.59. The summed E-state index contributed by atoms with van der Waals surface area (Å²) >= 11 is 6.08. The van der Waals surface area contributed by atoms with Crippen LogP contribution in [0, 0.1) is 11.7 Å². The van der Waals surface area contributed by atoms with Gasteiger partial charge in [0.1, 0.15) is 5.82 Å². The minimum atomic E-state index is -0.330. The average molecular weight is 428 g/mol. The average Bonchev–Trinajstić information content (AvgIpc) is 3.30. The molecule has 1 aliphatic heterocycles. The number of H-pyrrole nitrogens is 1. The van der Waals surface area contributed by atoms with Crippen molar-refractivity contribution in [2.45, 2.75) is 19.3 Å². The second-order valence-corrected chi connectivity index (χ2v) is 8.10. The van der Waals surface area contributed by atoms with E-state index in [2.05, 4.69) is 10.3 Å². The number of hydrogen-bond donors (Lipinski definition) is 2. The molecule has 1 aliphatic rings. The van der Waals surface area contributed by atoms with Gasteiger partial charge in [0.15, 0.2) is 0 Å². The summed E-state index contributed by atoms with van der Waals surface area (Å²) in [6.45, 7) is 1.46. The van der Waals surface area contributed by atoms with Gasteiger partial charge in [-0.15, -0.1) is 0 Å². The van der Waals surface area contributed by atoms with Crippen molar-refractivity contribution in [1.82, 2.24) is 15.2 Å². The van der Waals surface area contributed by atoms with Gasteiger partial charge in [-0.3, -0.25) is 9.59 Å². The largest absolute Gasteiger partial charge is 0.361 e. The number of rotatable bonds is 7. The quantitative estimate of drug-likeness (QED) is 0.603. The third-order valence-corrected chi connectivity index (χ3v) is 5.83. The summed E-state index contributed by atoms with van der Waals surface area (Å²) in [5.74, 6) is -0.708. The Morgan fingerprint density at radius 3 is 2.80 bits per heavy atom. The second-order valence-electron chi connectivity index (χ2n) is 7.66. The Morgan fingerprint density at radius 2 is 2.00 bits per heavy atom. The summed E-state index contributed by atoms with van der Waals surface area (Å²) in [5, 5.41) is 4.69. The molecule has 2 aromatic carbocycles. The fourth-order valence-corrected chi connectivity index (χ4v) is 4.07. The van der Waals surface area contributed by atoms with E-state index >= 15 is 0 Å². The molecule has 2 amide bonds. The predicted molar refractivity (Wildman–Crippen MR) is 115 cm³/mol. The Morgan fingerprint density at radius 1 is 1.20 bits per heavy atom. The van der Waals surface area contributed by atoms with E-state index in [9.17, 15) is 14.0 Å². The van der Waals surface area contributed by atoms with Crippen molar-refractivity contribution in [1.29, 1.82) is 0 Å². The van der Waals surface area contributed by atoms with Gasteiger partial charge in [0.25, 0.3) is 0 Å². The zero-order valence-electron chi connectivity index (χ0n) is 16.5. The number of nitrogens with one attached hydrogen (secondary N) is 2. The number of carbonyl (C=O) groups excluding carboxylic acids is 2. The fraction of sp³-hybridized carbons (Fsp3) is 0.304. The number of amides is 2. The Kier molecular flexibility index (Phi) is 6.04. The molecule has 1 saturated heterocycles. The molecule has 5 nitrogen and oxygen atoms in total. The second kappa shape index (κ2) is 8.88. The molecule has 156 valence electrons. The maximum absolute atomic E-state index is 13.0. The molecule has 0 radical (unpaired) electrons. The standard InChI is InChI=1S/C23H23ClFN3O2/c24-18-3-6-21-20(12-18)16(13-27-21)7-9-26-23(30)17-11-22(29)28(14-17)10-8-15-1-4-19(25)5-2-15/h1-6,12-13,17,27H,7-11,14H2,(H,26,30). The van der Waals surface area contributed by atoms with Crippen LogP contribution < -0.4 is 5.32 Å². The Balaban J connectivity index is 1.26. The van der Waals surface area contributed by atoms with E-state index < -0.39 is 0 Å². The summed E-state index contributed by atoms with van der Waals surface area (Å²) in [6.07, 6.45) is 3.49. The Bertz CT molecular complexity index is 1060. The number of aromatic amines is 1. The number of carbonyl (C=O) groups is 2. The molecule has 3 aromatic rings. The van der Waals surface area contributed by atoms with E-state index in [0.29, 0.717) is 37.5 Å². The number of aromatic nitrogens is 1. The van der Waals surface area contributed by atoms with Gasteiger partial charge in [-0.05, 0) is 54.3 Å². The zero-order valence-corrected chi connectivity index (χ0v) is 17.2. The number of likely N-dealkylation sites (tertiary alicyclic amines) is 1. The predicted octanol–water partition coefficient (Wildman–Crippen LogP) is 3.71. The van der Waals surface area contributed by atoms with Crippen LogP contribution in [0.25, 0.3) is 10.9 Å². The highest BCUT2D eigenvalue weighted by molar-refractivity contribution is 6.31. The number of hydrogen-bond acceptors (Lipinski definition) is 2. The van der Waals surface area contributed by atoms with E-state index in [0.717, 1.165) is 22.0 Å². The van der Waals surface area contributed by atoms with Crippen molar-refractivity contribution in [2.75, 3.05) is 19.6 Å². The molecule has 0 spiro atoms. The molecular weight excluding hydrogens is 405 g/mol. The lowest BCUT2D eigenvalue weighted by Crippen LogP contribution is -2.34. The lowest BCUT2D eigenvalue weighted by molar-refractivity contribution is -0.129. The molecule has 0 bridgehead atoms. The van der Waals surface area contributed by atoms with Crippen LogP contribution in [0.2, 0.25) is 5.02 Å². The van der Waals surface area contributed by atoms with Gasteiger partial charge in [0, 0.05) is 48.2 Å². The molecule has 1 atom stereocenters. The molecule has 7 heteroatoms. The minimum Gasteiger partial charge on any atom is -0.361 e. The summed E-state index contributed by atoms with van der Waals surface area (Å²) in [4.78, 5) is 29.7. The van der Waals surface area contributed by atoms with Gasteiger partial charge >= 0.3 is 0 Å². The molecular formula is C23H23ClFN3O2. The first-order valence-corrected chi connectivity index (χ1v) is 10.4. The molecule has 0 saturated carbocycles. The van der Waals surface area contributed by atoms with E-state index in [-0.39, 0.29) is 30.0 Å². The van der Waals surface area contributed by atoms with Gasteiger partial charge in [-0.1, -0.05) is 23.7 Å². The lowest BCUT2D eigenvalue weighted by atomic mass is 10.1. The highest BCUT2D eigenvalue weighted by Gasteiger charge is 2.33. The smallest absolute Gasteiger partial charge is 0.225 e. The van der Waals surface area contributed by atoms with Crippen molar-refractivity contribution >= 4 is 34.3 Å². The molecule has 2 heterocycles. The fourth-order valence-electron chi connectivity index (χ4n) is 3.90. The maximum Gasteiger partial charge on any atom is 0.225 e. The van der Waals surface area contributed by atoms with Crippen molar-refractivity contribution in [3.63, 3.8) is 0 Å². The summed E-state index contributed by atoms with van der Waals surface area (Å²) in [6, 6.07) is 12.0. The van der Waals surface area contributed by atoms with E-state index in [4.69, 9.17) is 11.6 Å². The lowest BCUT2D eigenvalue weighted by Gasteiger charge is -2.16. The molecule has 0 aliphatic carbocycles. The molecule has 1 fully saturated rings. The SMILES string of the molecule is O=C(NCCc1c[nH]c2ccc(Cl)cc12)C1CC(=O)N(CCc2ccc(F)cc2)C1. The molecule has 2 N–H and O–H groups in total. The van der Waals surface area contributed by atoms with E-state index in [1.54, 1.807) is 17.0 Å². The van der Waals surface area contributed by atoms with Crippen molar-refractivity contribution in [3.05, 3.63) is 70.6 Å². The van der Waals surface area contributed by atoms with Gasteiger partial charge in [-0.2, -0.15) is 0 Å². The van der Waals surface area contributed by atoms with Crippen LogP contribution in [-0.2, 0) is 22.4 Å². The number of benzene rings is 2. The van der Waals surface area contributed by atoms with Gasteiger partial charge in [0.05, 0.1) is 5.92 Å². The van der Waals surface area contributed by atoms with Gasteiger partial charge in [-0.25, -0.2) is 4.39 Å². The maximum atomic E-state index is 13.0. The van der Waals surface area contributed by atoms with Crippen molar-refractivity contribution in [2.24, 2.45) is 5.92 Å². The third kappa shape index (κ3) is 4.65. The topological polar surface area (TPSA) is 65.2 Å². The van der Waals surface area contributed by atoms with E-state index in [1.165, 1.54) is 12.1 Å². The molecule has 1 aromatic heterocycles. The van der Waals surface area contributed by atoms with E-state index in [1.807, 2.05) is 24.4 Å². The molecule has 1 unspecified atom stereocenters. The van der Waals surface area contributed by atoms with Gasteiger partial charge in [0.2, 0.25) is 11.8 Å². The first-order chi connectivity index (χ1) is 14.5.